The zero-order chi connectivity index (χ0) is 15.6. The molecule has 0 aromatic heterocycles. The number of alkyl halides is 3. The normalized spacial score (nSPS) is 12.0. The smallest absolute Gasteiger partial charge is 0.418 e. The molecular formula is C15H11F4NO. The number of hydrogen-bond acceptors (Lipinski definition) is 2. The Bertz CT molecular complexity index is 693. The van der Waals surface area contributed by atoms with Gasteiger partial charge in [-0.3, -0.25) is 4.99 Å². The number of aromatic hydroxyl groups is 1. The molecule has 0 spiro atoms. The van der Waals surface area contributed by atoms with Gasteiger partial charge in [0.1, 0.15) is 17.3 Å². The summed E-state index contributed by atoms with van der Waals surface area (Å²) in [5.41, 5.74) is -1.20. The first-order valence-corrected chi connectivity index (χ1v) is 5.99. The van der Waals surface area contributed by atoms with Gasteiger partial charge in [0.25, 0.3) is 0 Å². The van der Waals surface area contributed by atoms with Crippen LogP contribution in [0.2, 0.25) is 0 Å². The van der Waals surface area contributed by atoms with Crippen LogP contribution in [0.3, 0.4) is 0 Å². The van der Waals surface area contributed by atoms with E-state index in [-0.39, 0.29) is 11.3 Å². The predicted molar refractivity (Wildman–Crippen MR) is 71.5 cm³/mol. The van der Waals surface area contributed by atoms with Crippen LogP contribution in [-0.4, -0.2) is 11.3 Å². The molecule has 0 heterocycles. The summed E-state index contributed by atoms with van der Waals surface area (Å²) in [4.78, 5) is 3.56. The molecule has 0 unspecified atom stereocenters. The number of aliphatic imine (C=N–C) groups is 1. The van der Waals surface area contributed by atoms with Gasteiger partial charge in [-0.25, -0.2) is 4.39 Å². The highest BCUT2D eigenvalue weighted by Crippen LogP contribution is 2.37. The van der Waals surface area contributed by atoms with Gasteiger partial charge in [-0.1, -0.05) is 18.2 Å². The third kappa shape index (κ3) is 3.21. The molecule has 110 valence electrons. The largest absolute Gasteiger partial charge is 0.507 e. The number of para-hydroxylation sites is 2. The quantitative estimate of drug-likeness (QED) is 0.637. The van der Waals surface area contributed by atoms with Crippen molar-refractivity contribution in [1.82, 2.24) is 0 Å². The molecule has 0 aliphatic rings. The Kier molecular flexibility index (Phi) is 3.97. The van der Waals surface area contributed by atoms with E-state index in [0.717, 1.165) is 24.4 Å². The Labute approximate surface area is 118 Å². The first-order chi connectivity index (χ1) is 9.80. The van der Waals surface area contributed by atoms with Crippen molar-refractivity contribution in [1.29, 1.82) is 0 Å². The molecule has 0 radical (unpaired) electrons. The average molecular weight is 297 g/mol. The third-order valence-corrected chi connectivity index (χ3v) is 2.89. The monoisotopic (exact) mass is 297 g/mol. The van der Waals surface area contributed by atoms with E-state index in [2.05, 4.69) is 4.99 Å². The van der Waals surface area contributed by atoms with Crippen LogP contribution in [0.25, 0.3) is 0 Å². The molecule has 0 atom stereocenters. The van der Waals surface area contributed by atoms with Crippen molar-refractivity contribution in [2.45, 2.75) is 13.1 Å². The SMILES string of the molecule is Cc1cccc(C=Nc2c(F)cccc2C(F)(F)F)c1O. The molecule has 0 saturated heterocycles. The van der Waals surface area contributed by atoms with Crippen LogP contribution < -0.4 is 0 Å². The molecule has 0 saturated carbocycles. The van der Waals surface area contributed by atoms with Gasteiger partial charge in [0, 0.05) is 11.8 Å². The fourth-order valence-electron chi connectivity index (χ4n) is 1.80. The molecule has 0 fully saturated rings. The van der Waals surface area contributed by atoms with Gasteiger partial charge in [-0.2, -0.15) is 13.2 Å². The molecule has 2 aromatic carbocycles. The van der Waals surface area contributed by atoms with Gasteiger partial charge in [0.2, 0.25) is 0 Å². The van der Waals surface area contributed by atoms with Crippen molar-refractivity contribution in [2.24, 2.45) is 4.99 Å². The lowest BCUT2D eigenvalue weighted by molar-refractivity contribution is -0.137. The van der Waals surface area contributed by atoms with Crippen LogP contribution in [0.15, 0.2) is 41.4 Å². The Balaban J connectivity index is 2.49. The molecule has 0 aliphatic heterocycles. The molecule has 2 nitrogen and oxygen atoms in total. The van der Waals surface area contributed by atoms with Gasteiger partial charge < -0.3 is 5.11 Å². The van der Waals surface area contributed by atoms with Gasteiger partial charge in [-0.05, 0) is 30.7 Å². The number of rotatable bonds is 2. The summed E-state index contributed by atoms with van der Waals surface area (Å²) in [6.45, 7) is 1.64. The van der Waals surface area contributed by atoms with Crippen molar-refractivity contribution in [3.05, 3.63) is 58.9 Å². The van der Waals surface area contributed by atoms with Crippen molar-refractivity contribution in [3.8, 4) is 5.75 Å². The summed E-state index contributed by atoms with van der Waals surface area (Å²) < 4.78 is 52.0. The van der Waals surface area contributed by atoms with E-state index in [1.165, 1.54) is 6.07 Å². The van der Waals surface area contributed by atoms with E-state index in [4.69, 9.17) is 0 Å². The number of hydrogen-bond donors (Lipinski definition) is 1. The van der Waals surface area contributed by atoms with Crippen molar-refractivity contribution in [2.75, 3.05) is 0 Å². The lowest BCUT2D eigenvalue weighted by atomic mass is 10.1. The second kappa shape index (κ2) is 5.55. The maximum Gasteiger partial charge on any atom is 0.418 e. The Morgan fingerprint density at radius 2 is 1.76 bits per heavy atom. The average Bonchev–Trinajstić information content (AvgIpc) is 2.40. The minimum atomic E-state index is -4.70. The van der Waals surface area contributed by atoms with Crippen molar-refractivity contribution < 1.29 is 22.7 Å². The lowest BCUT2D eigenvalue weighted by Crippen LogP contribution is -2.06. The Morgan fingerprint density at radius 3 is 2.43 bits per heavy atom. The number of benzene rings is 2. The van der Waals surface area contributed by atoms with Gasteiger partial charge in [0.05, 0.1) is 5.56 Å². The molecular weight excluding hydrogens is 286 g/mol. The molecule has 2 aromatic rings. The van der Waals surface area contributed by atoms with Gasteiger partial charge in [0.15, 0.2) is 0 Å². The summed E-state index contributed by atoms with van der Waals surface area (Å²) in [6, 6.07) is 7.35. The number of halogens is 4. The molecule has 21 heavy (non-hydrogen) atoms. The number of phenols is 1. The maximum absolute atomic E-state index is 13.6. The van der Waals surface area contributed by atoms with E-state index in [1.54, 1.807) is 19.1 Å². The molecule has 2 rings (SSSR count). The number of nitrogens with zero attached hydrogens (tertiary/aromatic N) is 1. The maximum atomic E-state index is 13.6. The van der Waals surface area contributed by atoms with E-state index in [1.807, 2.05) is 0 Å². The minimum absolute atomic E-state index is 0.105. The lowest BCUT2D eigenvalue weighted by Gasteiger charge is -2.10. The zero-order valence-corrected chi connectivity index (χ0v) is 10.9. The van der Waals surface area contributed by atoms with E-state index in [0.29, 0.717) is 5.56 Å². The summed E-state index contributed by atoms with van der Waals surface area (Å²) in [5, 5.41) is 9.77. The first kappa shape index (κ1) is 15.0. The predicted octanol–water partition coefficient (Wildman–Crippen LogP) is 4.61. The highest BCUT2D eigenvalue weighted by molar-refractivity contribution is 5.86. The van der Waals surface area contributed by atoms with Crippen LogP contribution in [-0.2, 0) is 6.18 Å². The summed E-state index contributed by atoms with van der Waals surface area (Å²) in [6.07, 6.45) is -3.70. The molecule has 0 bridgehead atoms. The molecule has 6 heteroatoms. The van der Waals surface area contributed by atoms with Crippen LogP contribution in [0, 0.1) is 12.7 Å². The number of aryl methyl sites for hydroxylation is 1. The molecule has 0 amide bonds. The third-order valence-electron chi connectivity index (χ3n) is 2.89. The molecule has 0 aliphatic carbocycles. The van der Waals surface area contributed by atoms with E-state index >= 15 is 0 Å². The summed E-state index contributed by atoms with van der Waals surface area (Å²) in [5.74, 6) is -1.18. The van der Waals surface area contributed by atoms with Gasteiger partial charge >= 0.3 is 6.18 Å². The van der Waals surface area contributed by atoms with Crippen LogP contribution in [0.1, 0.15) is 16.7 Å². The Hall–Kier alpha value is -2.37. The topological polar surface area (TPSA) is 32.6 Å². The highest BCUT2D eigenvalue weighted by atomic mass is 19.4. The van der Waals surface area contributed by atoms with Gasteiger partial charge in [-0.15, -0.1) is 0 Å². The fraction of sp³-hybridized carbons (Fsp3) is 0.133. The minimum Gasteiger partial charge on any atom is -0.507 e. The highest BCUT2D eigenvalue weighted by Gasteiger charge is 2.34. The van der Waals surface area contributed by atoms with Crippen LogP contribution in [0.5, 0.6) is 5.75 Å². The molecule has 1 N–H and O–H groups in total. The van der Waals surface area contributed by atoms with Crippen LogP contribution in [0.4, 0.5) is 23.2 Å². The first-order valence-electron chi connectivity index (χ1n) is 5.99. The number of phenolic OH excluding ortho intramolecular Hbond substituents is 1. The van der Waals surface area contributed by atoms with Crippen molar-refractivity contribution >= 4 is 11.9 Å². The van der Waals surface area contributed by atoms with Crippen LogP contribution >= 0.6 is 0 Å². The van der Waals surface area contributed by atoms with E-state index in [9.17, 15) is 22.7 Å². The standard InChI is InChI=1S/C15H11F4NO/c1-9-4-2-5-10(14(9)21)8-20-13-11(15(17,18)19)6-3-7-12(13)16/h2-8,21H,1H3. The summed E-state index contributed by atoms with van der Waals surface area (Å²) >= 11 is 0. The van der Waals surface area contributed by atoms with E-state index < -0.39 is 23.2 Å². The second-order valence-electron chi connectivity index (χ2n) is 4.40. The fourth-order valence-corrected chi connectivity index (χ4v) is 1.80. The second-order valence-corrected chi connectivity index (χ2v) is 4.40. The van der Waals surface area contributed by atoms with Crippen molar-refractivity contribution in [3.63, 3.8) is 0 Å². The zero-order valence-electron chi connectivity index (χ0n) is 10.9. The summed E-state index contributed by atoms with van der Waals surface area (Å²) in [7, 11) is 0. The Morgan fingerprint density at radius 1 is 1.10 bits per heavy atom.